The predicted molar refractivity (Wildman–Crippen MR) is 77.4 cm³/mol. The predicted octanol–water partition coefficient (Wildman–Crippen LogP) is 0.857. The van der Waals surface area contributed by atoms with E-state index in [-0.39, 0.29) is 17.2 Å². The first-order chi connectivity index (χ1) is 9.29. The SMILES string of the molecule is CC(C)(C)c1cc(N)c(C(=O)N2CCNC(=O)CC2)[nH]1. The first kappa shape index (κ1) is 14.4. The highest BCUT2D eigenvalue weighted by atomic mass is 16.2. The van der Waals surface area contributed by atoms with Crippen molar-refractivity contribution in [2.75, 3.05) is 25.4 Å². The molecule has 6 nitrogen and oxygen atoms in total. The number of nitrogens with two attached hydrogens (primary N) is 1. The lowest BCUT2D eigenvalue weighted by atomic mass is 9.92. The normalized spacial score (nSPS) is 16.8. The van der Waals surface area contributed by atoms with E-state index in [0.29, 0.717) is 37.4 Å². The maximum atomic E-state index is 12.5. The van der Waals surface area contributed by atoms with Crippen molar-refractivity contribution in [1.82, 2.24) is 15.2 Å². The molecule has 0 unspecified atom stereocenters. The van der Waals surface area contributed by atoms with E-state index >= 15 is 0 Å². The number of carbonyl (C=O) groups excluding carboxylic acids is 2. The van der Waals surface area contributed by atoms with Crippen LogP contribution in [0.3, 0.4) is 0 Å². The molecular weight excluding hydrogens is 256 g/mol. The number of carbonyl (C=O) groups is 2. The molecule has 20 heavy (non-hydrogen) atoms. The molecule has 0 atom stereocenters. The third-order valence-corrected chi connectivity index (χ3v) is 3.47. The number of rotatable bonds is 1. The summed E-state index contributed by atoms with van der Waals surface area (Å²) in [6.45, 7) is 7.59. The number of anilines is 1. The monoisotopic (exact) mass is 278 g/mol. The summed E-state index contributed by atoms with van der Waals surface area (Å²) >= 11 is 0. The van der Waals surface area contributed by atoms with E-state index in [1.54, 1.807) is 4.90 Å². The van der Waals surface area contributed by atoms with Crippen LogP contribution < -0.4 is 11.1 Å². The molecule has 0 spiro atoms. The molecule has 110 valence electrons. The number of nitrogen functional groups attached to an aromatic ring is 1. The third kappa shape index (κ3) is 2.95. The maximum Gasteiger partial charge on any atom is 0.272 e. The minimum Gasteiger partial charge on any atom is -0.397 e. The molecule has 2 rings (SSSR count). The van der Waals surface area contributed by atoms with E-state index in [4.69, 9.17) is 5.73 Å². The van der Waals surface area contributed by atoms with Crippen LogP contribution in [0, 0.1) is 0 Å². The van der Waals surface area contributed by atoms with Crippen molar-refractivity contribution in [2.45, 2.75) is 32.6 Å². The van der Waals surface area contributed by atoms with Gasteiger partial charge in [0, 0.05) is 37.2 Å². The standard InChI is InChI=1S/C14H22N4O2/c1-14(2,3)10-8-9(15)12(17-10)13(20)18-6-4-11(19)16-5-7-18/h8,17H,4-7,15H2,1-3H3,(H,16,19). The lowest BCUT2D eigenvalue weighted by molar-refractivity contribution is -0.120. The molecule has 1 aromatic rings. The topological polar surface area (TPSA) is 91.2 Å². The Labute approximate surface area is 118 Å². The maximum absolute atomic E-state index is 12.5. The second kappa shape index (κ2) is 5.19. The van der Waals surface area contributed by atoms with Crippen molar-refractivity contribution >= 4 is 17.5 Å². The summed E-state index contributed by atoms with van der Waals surface area (Å²) in [5.74, 6) is -0.162. The lowest BCUT2D eigenvalue weighted by Gasteiger charge is -2.19. The second-order valence-corrected chi connectivity index (χ2v) is 6.16. The van der Waals surface area contributed by atoms with Crippen molar-refractivity contribution in [2.24, 2.45) is 0 Å². The van der Waals surface area contributed by atoms with Gasteiger partial charge < -0.3 is 20.9 Å². The van der Waals surface area contributed by atoms with Gasteiger partial charge in [-0.25, -0.2) is 0 Å². The van der Waals surface area contributed by atoms with Crippen LogP contribution in [0.5, 0.6) is 0 Å². The van der Waals surface area contributed by atoms with Gasteiger partial charge in [0.25, 0.3) is 5.91 Å². The van der Waals surface area contributed by atoms with Crippen LogP contribution in [-0.4, -0.2) is 41.3 Å². The molecule has 0 aliphatic carbocycles. The summed E-state index contributed by atoms with van der Waals surface area (Å²) in [6.07, 6.45) is 0.332. The Morgan fingerprint density at radius 2 is 2.05 bits per heavy atom. The lowest BCUT2D eigenvalue weighted by Crippen LogP contribution is -2.34. The van der Waals surface area contributed by atoms with Gasteiger partial charge in [0.15, 0.2) is 0 Å². The third-order valence-electron chi connectivity index (χ3n) is 3.47. The number of aromatic nitrogens is 1. The Balaban J connectivity index is 2.20. The van der Waals surface area contributed by atoms with Crippen molar-refractivity contribution < 1.29 is 9.59 Å². The number of hydrogen-bond donors (Lipinski definition) is 3. The van der Waals surface area contributed by atoms with Gasteiger partial charge in [0.2, 0.25) is 5.91 Å². The average molecular weight is 278 g/mol. The molecule has 0 radical (unpaired) electrons. The summed E-state index contributed by atoms with van der Waals surface area (Å²) in [6, 6.07) is 1.81. The van der Waals surface area contributed by atoms with E-state index in [2.05, 4.69) is 31.1 Å². The summed E-state index contributed by atoms with van der Waals surface area (Å²) in [5, 5.41) is 2.75. The molecule has 6 heteroatoms. The van der Waals surface area contributed by atoms with E-state index in [1.807, 2.05) is 6.07 Å². The second-order valence-electron chi connectivity index (χ2n) is 6.16. The van der Waals surface area contributed by atoms with Gasteiger partial charge in [-0.1, -0.05) is 20.8 Å². The van der Waals surface area contributed by atoms with Crippen LogP contribution in [0.1, 0.15) is 43.4 Å². The number of aromatic amines is 1. The van der Waals surface area contributed by atoms with E-state index in [0.717, 1.165) is 5.69 Å². The van der Waals surface area contributed by atoms with Crippen molar-refractivity contribution in [1.29, 1.82) is 0 Å². The molecule has 1 aliphatic heterocycles. The molecule has 0 saturated carbocycles. The van der Waals surface area contributed by atoms with Gasteiger partial charge in [-0.15, -0.1) is 0 Å². The smallest absolute Gasteiger partial charge is 0.272 e. The number of amides is 2. The van der Waals surface area contributed by atoms with Crippen LogP contribution in [0.15, 0.2) is 6.07 Å². The molecule has 1 aliphatic rings. The van der Waals surface area contributed by atoms with Crippen molar-refractivity contribution in [3.05, 3.63) is 17.5 Å². The molecule has 1 aromatic heterocycles. The molecule has 2 amide bonds. The highest BCUT2D eigenvalue weighted by Gasteiger charge is 2.25. The van der Waals surface area contributed by atoms with E-state index < -0.39 is 0 Å². The molecule has 1 saturated heterocycles. The largest absolute Gasteiger partial charge is 0.397 e. The molecule has 1 fully saturated rings. The molecule has 0 bridgehead atoms. The zero-order valence-corrected chi connectivity index (χ0v) is 12.2. The summed E-state index contributed by atoms with van der Waals surface area (Å²) < 4.78 is 0. The van der Waals surface area contributed by atoms with Gasteiger partial charge in [-0.2, -0.15) is 0 Å². The highest BCUT2D eigenvalue weighted by molar-refractivity contribution is 5.98. The Hall–Kier alpha value is -1.98. The number of H-pyrrole nitrogens is 1. The van der Waals surface area contributed by atoms with Gasteiger partial charge in [-0.3, -0.25) is 9.59 Å². The van der Waals surface area contributed by atoms with E-state index in [1.165, 1.54) is 0 Å². The summed E-state index contributed by atoms with van der Waals surface area (Å²) in [4.78, 5) is 28.6. The first-order valence-corrected chi connectivity index (χ1v) is 6.84. The fraction of sp³-hybridized carbons (Fsp3) is 0.571. The van der Waals surface area contributed by atoms with E-state index in [9.17, 15) is 9.59 Å². The molecule has 0 aromatic carbocycles. The van der Waals surface area contributed by atoms with Gasteiger partial charge in [-0.05, 0) is 6.07 Å². The van der Waals surface area contributed by atoms with Gasteiger partial charge >= 0.3 is 0 Å². The van der Waals surface area contributed by atoms with Crippen LogP contribution in [0.4, 0.5) is 5.69 Å². The first-order valence-electron chi connectivity index (χ1n) is 6.84. The minimum absolute atomic E-state index is 0.0184. The fourth-order valence-corrected chi connectivity index (χ4v) is 2.18. The van der Waals surface area contributed by atoms with Crippen LogP contribution in [-0.2, 0) is 10.2 Å². The number of nitrogens with one attached hydrogen (secondary N) is 2. The molecular formula is C14H22N4O2. The molecule has 4 N–H and O–H groups in total. The quantitative estimate of drug-likeness (QED) is 0.711. The fourth-order valence-electron chi connectivity index (χ4n) is 2.18. The van der Waals surface area contributed by atoms with Gasteiger partial charge in [0.1, 0.15) is 5.69 Å². The van der Waals surface area contributed by atoms with Crippen LogP contribution >= 0.6 is 0 Å². The average Bonchev–Trinajstić information content (AvgIpc) is 2.61. The molecule has 2 heterocycles. The van der Waals surface area contributed by atoms with Crippen LogP contribution in [0.2, 0.25) is 0 Å². The highest BCUT2D eigenvalue weighted by Crippen LogP contribution is 2.26. The summed E-state index contributed by atoms with van der Waals surface area (Å²) in [7, 11) is 0. The van der Waals surface area contributed by atoms with Crippen LogP contribution in [0.25, 0.3) is 0 Å². The van der Waals surface area contributed by atoms with Gasteiger partial charge in [0.05, 0.1) is 5.69 Å². The Kier molecular flexibility index (Phi) is 3.74. The Morgan fingerprint density at radius 1 is 1.35 bits per heavy atom. The minimum atomic E-state index is -0.144. The van der Waals surface area contributed by atoms with Crippen molar-refractivity contribution in [3.63, 3.8) is 0 Å². The Bertz CT molecular complexity index is 528. The summed E-state index contributed by atoms with van der Waals surface area (Å²) in [5.41, 5.74) is 7.67. The Morgan fingerprint density at radius 3 is 2.65 bits per heavy atom. The zero-order valence-electron chi connectivity index (χ0n) is 12.2. The number of nitrogens with zero attached hydrogens (tertiary/aromatic N) is 1. The van der Waals surface area contributed by atoms with Crippen molar-refractivity contribution in [3.8, 4) is 0 Å². The zero-order chi connectivity index (χ0) is 14.9. The number of hydrogen-bond acceptors (Lipinski definition) is 3.